The average Bonchev–Trinajstić information content (AvgIpc) is 2.00. The van der Waals surface area contributed by atoms with E-state index in [2.05, 4.69) is 16.2 Å². The van der Waals surface area contributed by atoms with Gasteiger partial charge in [-0.1, -0.05) is 26.7 Å². The molecule has 0 aliphatic heterocycles. The van der Waals surface area contributed by atoms with Gasteiger partial charge >= 0.3 is 0 Å². The second kappa shape index (κ2) is 5.07. The van der Waals surface area contributed by atoms with Crippen molar-refractivity contribution in [3.8, 4) is 0 Å². The molecule has 0 nitrogen and oxygen atoms in total. The van der Waals surface area contributed by atoms with Gasteiger partial charge in [0.25, 0.3) is 0 Å². The summed E-state index contributed by atoms with van der Waals surface area (Å²) in [5.74, 6) is 0. The first-order chi connectivity index (χ1) is 4.68. The van der Waals surface area contributed by atoms with Crippen LogP contribution in [-0.2, 0) is 0 Å². The molecule has 0 aromatic rings. The Labute approximate surface area is 65.8 Å². The van der Waals surface area contributed by atoms with Crippen LogP contribution in [0.25, 0.3) is 0 Å². The molecule has 0 N–H and O–H groups in total. The average molecular weight is 164 g/mol. The van der Waals surface area contributed by atoms with Crippen LogP contribution in [0.2, 0.25) is 0 Å². The lowest BCUT2D eigenvalue weighted by atomic mass is 10.00. The second-order valence-corrected chi connectivity index (χ2v) is 4.18. The third kappa shape index (κ3) is 3.51. The highest BCUT2D eigenvalue weighted by Crippen LogP contribution is 2.29. The quantitative estimate of drug-likeness (QED) is 0.547. The van der Waals surface area contributed by atoms with E-state index >= 15 is 0 Å². The molecule has 2 atom stereocenters. The maximum Gasteiger partial charge on any atom is 0.0984 e. The topological polar surface area (TPSA) is 0 Å². The predicted octanol–water partition coefficient (Wildman–Crippen LogP) is 3.17. The van der Waals surface area contributed by atoms with Crippen LogP contribution in [0.5, 0.6) is 0 Å². The summed E-state index contributed by atoms with van der Waals surface area (Å²) in [4.78, 5) is 0. The monoisotopic (exact) mass is 164 g/mol. The van der Waals surface area contributed by atoms with Crippen molar-refractivity contribution in [3.63, 3.8) is 0 Å². The SMILES string of the molecule is CCCCC(P)(CC)CF. The summed E-state index contributed by atoms with van der Waals surface area (Å²) in [6, 6.07) is 0. The molecule has 0 aliphatic carbocycles. The van der Waals surface area contributed by atoms with E-state index in [9.17, 15) is 4.39 Å². The van der Waals surface area contributed by atoms with Gasteiger partial charge < -0.3 is 0 Å². The molecule has 0 aliphatic rings. The molecule has 2 unspecified atom stereocenters. The minimum Gasteiger partial charge on any atom is -0.250 e. The molecule has 0 spiro atoms. The number of hydrogen-bond donors (Lipinski definition) is 0. The minimum atomic E-state index is -0.200. The van der Waals surface area contributed by atoms with Crippen molar-refractivity contribution < 1.29 is 4.39 Å². The molecule has 0 aromatic carbocycles. The zero-order valence-electron chi connectivity index (χ0n) is 6.99. The number of alkyl halides is 1. The Morgan fingerprint density at radius 3 is 2.30 bits per heavy atom. The first-order valence-electron chi connectivity index (χ1n) is 4.03. The van der Waals surface area contributed by atoms with Crippen LogP contribution in [-0.4, -0.2) is 11.8 Å². The van der Waals surface area contributed by atoms with Crippen molar-refractivity contribution in [2.24, 2.45) is 0 Å². The fourth-order valence-electron chi connectivity index (χ4n) is 0.867. The van der Waals surface area contributed by atoms with Crippen LogP contribution in [0.1, 0.15) is 39.5 Å². The maximum absolute atomic E-state index is 12.3. The van der Waals surface area contributed by atoms with Crippen LogP contribution in [0.4, 0.5) is 4.39 Å². The van der Waals surface area contributed by atoms with Crippen molar-refractivity contribution >= 4 is 9.24 Å². The molecule has 0 radical (unpaired) electrons. The van der Waals surface area contributed by atoms with Gasteiger partial charge in [-0.15, -0.1) is 9.24 Å². The molecule has 10 heavy (non-hydrogen) atoms. The van der Waals surface area contributed by atoms with E-state index in [4.69, 9.17) is 0 Å². The smallest absolute Gasteiger partial charge is 0.0984 e. The first kappa shape index (κ1) is 10.4. The van der Waals surface area contributed by atoms with E-state index in [0.29, 0.717) is 0 Å². The summed E-state index contributed by atoms with van der Waals surface area (Å²) in [6.45, 7) is 3.98. The molecule has 2 heteroatoms. The van der Waals surface area contributed by atoms with E-state index in [1.165, 1.54) is 0 Å². The minimum absolute atomic E-state index is 0.115. The van der Waals surface area contributed by atoms with Crippen LogP contribution >= 0.6 is 9.24 Å². The normalized spacial score (nSPS) is 16.8. The van der Waals surface area contributed by atoms with Gasteiger partial charge in [0.1, 0.15) is 0 Å². The standard InChI is InChI=1S/C8H18FP/c1-3-5-6-8(10,4-2)7-9/h3-7,10H2,1-2H3. The lowest BCUT2D eigenvalue weighted by Gasteiger charge is -2.23. The summed E-state index contributed by atoms with van der Waals surface area (Å²) >= 11 is 0. The third-order valence-electron chi connectivity index (χ3n) is 2.00. The molecule has 0 heterocycles. The summed E-state index contributed by atoms with van der Waals surface area (Å²) in [7, 11) is 2.64. The van der Waals surface area contributed by atoms with Crippen molar-refractivity contribution in [2.45, 2.75) is 44.7 Å². The number of hydrogen-bond acceptors (Lipinski definition) is 0. The van der Waals surface area contributed by atoms with Gasteiger partial charge in [0, 0.05) is 5.16 Å². The Morgan fingerprint density at radius 2 is 2.00 bits per heavy atom. The van der Waals surface area contributed by atoms with Gasteiger partial charge in [-0.25, -0.2) is 0 Å². The van der Waals surface area contributed by atoms with E-state index in [1.54, 1.807) is 0 Å². The molecule has 0 saturated carbocycles. The van der Waals surface area contributed by atoms with Crippen LogP contribution in [0.3, 0.4) is 0 Å². The fraction of sp³-hybridized carbons (Fsp3) is 1.00. The van der Waals surface area contributed by atoms with E-state index < -0.39 is 0 Å². The number of rotatable bonds is 5. The van der Waals surface area contributed by atoms with Crippen molar-refractivity contribution in [1.82, 2.24) is 0 Å². The maximum atomic E-state index is 12.3. The van der Waals surface area contributed by atoms with Gasteiger partial charge in [0.2, 0.25) is 0 Å². The molecular formula is C8H18FP. The summed E-state index contributed by atoms with van der Waals surface area (Å²) in [5, 5.41) is -0.115. The zero-order valence-corrected chi connectivity index (χ0v) is 8.15. The van der Waals surface area contributed by atoms with E-state index in [-0.39, 0.29) is 11.8 Å². The Balaban J connectivity index is 3.58. The van der Waals surface area contributed by atoms with Crippen molar-refractivity contribution in [3.05, 3.63) is 0 Å². The van der Waals surface area contributed by atoms with Gasteiger partial charge in [0.05, 0.1) is 6.67 Å². The molecular weight excluding hydrogens is 146 g/mol. The number of halogens is 1. The fourth-order valence-corrected chi connectivity index (χ4v) is 1.07. The molecule has 0 amide bonds. The van der Waals surface area contributed by atoms with Crippen LogP contribution in [0, 0.1) is 0 Å². The highest BCUT2D eigenvalue weighted by molar-refractivity contribution is 7.19. The first-order valence-corrected chi connectivity index (χ1v) is 4.61. The van der Waals surface area contributed by atoms with Gasteiger partial charge in [-0.3, -0.25) is 4.39 Å². The summed E-state index contributed by atoms with van der Waals surface area (Å²) < 4.78 is 12.3. The Kier molecular flexibility index (Phi) is 5.25. The molecule has 0 fully saturated rings. The lowest BCUT2D eigenvalue weighted by molar-refractivity contribution is 0.362. The Bertz CT molecular complexity index is 79.3. The van der Waals surface area contributed by atoms with Crippen molar-refractivity contribution in [2.75, 3.05) is 6.67 Å². The predicted molar refractivity (Wildman–Crippen MR) is 48.2 cm³/mol. The molecule has 0 aromatic heterocycles. The Morgan fingerprint density at radius 1 is 1.40 bits per heavy atom. The Hall–Kier alpha value is 0.360. The zero-order chi connectivity index (χ0) is 8.04. The molecule has 0 bridgehead atoms. The second-order valence-electron chi connectivity index (χ2n) is 2.95. The van der Waals surface area contributed by atoms with E-state index in [0.717, 1.165) is 25.7 Å². The van der Waals surface area contributed by atoms with Gasteiger partial charge in [0.15, 0.2) is 0 Å². The van der Waals surface area contributed by atoms with Crippen LogP contribution in [0.15, 0.2) is 0 Å². The van der Waals surface area contributed by atoms with Crippen molar-refractivity contribution in [1.29, 1.82) is 0 Å². The molecule has 0 saturated heterocycles. The highest BCUT2D eigenvalue weighted by Gasteiger charge is 2.20. The third-order valence-corrected chi connectivity index (χ3v) is 2.85. The summed E-state index contributed by atoms with van der Waals surface area (Å²) in [5.41, 5.74) is 0. The van der Waals surface area contributed by atoms with E-state index in [1.807, 2.05) is 6.92 Å². The largest absolute Gasteiger partial charge is 0.250 e. The highest BCUT2D eigenvalue weighted by atomic mass is 31.0. The molecule has 0 rings (SSSR count). The number of unbranched alkanes of at least 4 members (excludes halogenated alkanes) is 1. The van der Waals surface area contributed by atoms with Crippen LogP contribution < -0.4 is 0 Å². The molecule has 62 valence electrons. The lowest BCUT2D eigenvalue weighted by Crippen LogP contribution is -2.21. The van der Waals surface area contributed by atoms with Gasteiger partial charge in [-0.2, -0.15) is 0 Å². The summed E-state index contributed by atoms with van der Waals surface area (Å²) in [6.07, 6.45) is 4.23. The van der Waals surface area contributed by atoms with Gasteiger partial charge in [-0.05, 0) is 12.8 Å².